The number of nitrogens with one attached hydrogen (secondary N) is 2. The molecule has 1 aliphatic heterocycles. The van der Waals surface area contributed by atoms with Crippen molar-refractivity contribution in [2.24, 2.45) is 0 Å². The molecule has 1 saturated heterocycles. The summed E-state index contributed by atoms with van der Waals surface area (Å²) in [4.78, 5) is 0. The van der Waals surface area contributed by atoms with Gasteiger partial charge < -0.3 is 5.32 Å². The molecule has 1 atom stereocenters. The first-order valence-electron chi connectivity index (χ1n) is 7.79. The number of benzene rings is 2. The molecule has 24 heavy (non-hydrogen) atoms. The molecule has 0 saturated carbocycles. The summed E-state index contributed by atoms with van der Waals surface area (Å²) >= 11 is 17.8. The van der Waals surface area contributed by atoms with Crippen LogP contribution in [0, 0.1) is 13.8 Å². The summed E-state index contributed by atoms with van der Waals surface area (Å²) < 4.78 is 0. The topological polar surface area (TPSA) is 27.3 Å². The zero-order chi connectivity index (χ0) is 17.5. The standard InChI is InChI=1S/C18H19Cl2N3S/c1-4-18(13-6-8-15(19)16(20)10-13)21-17(24)23(22-18)14-7-5-11(2)12(3)9-14/h5-10,22H,4H2,1-3H3,(H,21,24). The van der Waals surface area contributed by atoms with Crippen LogP contribution >= 0.6 is 35.4 Å². The molecule has 0 amide bonds. The fraction of sp³-hybridized carbons (Fsp3) is 0.278. The van der Waals surface area contributed by atoms with E-state index in [0.717, 1.165) is 17.7 Å². The first-order chi connectivity index (χ1) is 11.4. The number of rotatable bonds is 3. The normalized spacial score (nSPS) is 20.4. The van der Waals surface area contributed by atoms with Crippen molar-refractivity contribution in [1.82, 2.24) is 10.7 Å². The zero-order valence-electron chi connectivity index (χ0n) is 13.8. The van der Waals surface area contributed by atoms with E-state index >= 15 is 0 Å². The van der Waals surface area contributed by atoms with Gasteiger partial charge in [0.15, 0.2) is 5.11 Å². The minimum atomic E-state index is -0.510. The van der Waals surface area contributed by atoms with E-state index in [1.165, 1.54) is 11.1 Å². The van der Waals surface area contributed by atoms with Gasteiger partial charge in [-0.25, -0.2) is 5.01 Å². The molecule has 1 heterocycles. The van der Waals surface area contributed by atoms with Crippen molar-refractivity contribution in [3.8, 4) is 0 Å². The van der Waals surface area contributed by atoms with E-state index < -0.39 is 5.66 Å². The van der Waals surface area contributed by atoms with E-state index in [9.17, 15) is 0 Å². The lowest BCUT2D eigenvalue weighted by atomic mass is 9.98. The summed E-state index contributed by atoms with van der Waals surface area (Å²) in [5.74, 6) is 0. The second kappa shape index (κ2) is 6.52. The molecular formula is C18H19Cl2N3S. The number of thiocarbonyl (C=S) groups is 1. The van der Waals surface area contributed by atoms with Crippen LogP contribution in [0.1, 0.15) is 30.0 Å². The summed E-state index contributed by atoms with van der Waals surface area (Å²) in [6.07, 6.45) is 0.784. The van der Waals surface area contributed by atoms with Crippen LogP contribution in [0.2, 0.25) is 10.0 Å². The van der Waals surface area contributed by atoms with E-state index in [1.807, 2.05) is 23.2 Å². The quantitative estimate of drug-likeness (QED) is 0.727. The molecule has 0 bridgehead atoms. The maximum absolute atomic E-state index is 6.21. The van der Waals surface area contributed by atoms with Crippen molar-refractivity contribution in [1.29, 1.82) is 0 Å². The molecule has 1 unspecified atom stereocenters. The summed E-state index contributed by atoms with van der Waals surface area (Å²) in [5, 5.41) is 7.02. The Morgan fingerprint density at radius 1 is 1.04 bits per heavy atom. The molecule has 6 heteroatoms. The van der Waals surface area contributed by atoms with Gasteiger partial charge in [-0.3, -0.25) is 0 Å². The number of aryl methyl sites for hydroxylation is 2. The van der Waals surface area contributed by atoms with Crippen molar-refractivity contribution < 1.29 is 0 Å². The van der Waals surface area contributed by atoms with Gasteiger partial charge in [-0.1, -0.05) is 42.3 Å². The minimum Gasteiger partial charge on any atom is -0.338 e. The lowest BCUT2D eigenvalue weighted by Crippen LogP contribution is -2.48. The van der Waals surface area contributed by atoms with E-state index in [0.29, 0.717) is 15.2 Å². The third kappa shape index (κ3) is 3.00. The first kappa shape index (κ1) is 17.5. The lowest BCUT2D eigenvalue weighted by Gasteiger charge is -2.29. The molecule has 0 radical (unpaired) electrons. The Morgan fingerprint density at radius 2 is 1.79 bits per heavy atom. The molecule has 3 rings (SSSR count). The van der Waals surface area contributed by atoms with E-state index in [4.69, 9.17) is 35.4 Å². The summed E-state index contributed by atoms with van der Waals surface area (Å²) in [6, 6.07) is 11.9. The third-order valence-corrected chi connectivity index (χ3v) is 5.54. The van der Waals surface area contributed by atoms with Crippen LogP contribution in [0.5, 0.6) is 0 Å². The van der Waals surface area contributed by atoms with Gasteiger partial charge in [0.1, 0.15) is 5.66 Å². The average molecular weight is 380 g/mol. The monoisotopic (exact) mass is 379 g/mol. The van der Waals surface area contributed by atoms with E-state index in [-0.39, 0.29) is 0 Å². The van der Waals surface area contributed by atoms with E-state index in [2.05, 4.69) is 49.7 Å². The third-order valence-electron chi connectivity index (χ3n) is 4.52. The molecule has 0 aromatic heterocycles. The largest absolute Gasteiger partial charge is 0.338 e. The van der Waals surface area contributed by atoms with Crippen molar-refractivity contribution in [2.45, 2.75) is 32.9 Å². The predicted octanol–water partition coefficient (Wildman–Crippen LogP) is 5.07. The van der Waals surface area contributed by atoms with Gasteiger partial charge in [0.2, 0.25) is 0 Å². The maximum Gasteiger partial charge on any atom is 0.190 e. The molecule has 1 aliphatic rings. The van der Waals surface area contributed by atoms with Gasteiger partial charge in [0, 0.05) is 0 Å². The number of hydrogen-bond acceptors (Lipinski definition) is 2. The zero-order valence-corrected chi connectivity index (χ0v) is 16.1. The van der Waals surface area contributed by atoms with Gasteiger partial charge in [-0.15, -0.1) is 0 Å². The number of nitrogens with zero attached hydrogens (tertiary/aromatic N) is 1. The van der Waals surface area contributed by atoms with Gasteiger partial charge in [-0.2, -0.15) is 5.43 Å². The fourth-order valence-corrected chi connectivity index (χ4v) is 3.45. The minimum absolute atomic E-state index is 0.510. The summed E-state index contributed by atoms with van der Waals surface area (Å²) in [5.41, 5.74) is 7.47. The highest BCUT2D eigenvalue weighted by Crippen LogP contribution is 2.33. The number of hydrazine groups is 1. The van der Waals surface area contributed by atoms with Gasteiger partial charge in [0.05, 0.1) is 15.7 Å². The Hall–Kier alpha value is -1.33. The van der Waals surface area contributed by atoms with Crippen LogP contribution in [-0.4, -0.2) is 5.11 Å². The van der Waals surface area contributed by atoms with Gasteiger partial charge >= 0.3 is 0 Å². The van der Waals surface area contributed by atoms with Crippen molar-refractivity contribution >= 4 is 46.2 Å². The van der Waals surface area contributed by atoms with Crippen LogP contribution in [-0.2, 0) is 5.66 Å². The Morgan fingerprint density at radius 3 is 2.42 bits per heavy atom. The number of hydrogen-bond donors (Lipinski definition) is 2. The highest BCUT2D eigenvalue weighted by atomic mass is 35.5. The average Bonchev–Trinajstić information content (AvgIpc) is 2.91. The SMILES string of the molecule is CCC1(c2ccc(Cl)c(Cl)c2)NC(=S)N(c2ccc(C)c(C)c2)N1. The molecule has 2 aromatic carbocycles. The molecule has 0 aliphatic carbocycles. The molecule has 126 valence electrons. The Labute approximate surface area is 157 Å². The molecule has 1 fully saturated rings. The van der Waals surface area contributed by atoms with Gasteiger partial charge in [-0.05, 0) is 73.4 Å². The molecule has 2 N–H and O–H groups in total. The highest BCUT2D eigenvalue weighted by Gasteiger charge is 2.41. The van der Waals surface area contributed by atoms with Crippen molar-refractivity contribution in [2.75, 3.05) is 5.01 Å². The lowest BCUT2D eigenvalue weighted by molar-refractivity contribution is 0.337. The van der Waals surface area contributed by atoms with Crippen molar-refractivity contribution in [3.63, 3.8) is 0 Å². The van der Waals surface area contributed by atoms with Crippen molar-refractivity contribution in [3.05, 3.63) is 63.1 Å². The van der Waals surface area contributed by atoms with Crippen LogP contribution in [0.15, 0.2) is 36.4 Å². The summed E-state index contributed by atoms with van der Waals surface area (Å²) in [6.45, 7) is 6.28. The smallest absolute Gasteiger partial charge is 0.190 e. The van der Waals surface area contributed by atoms with Gasteiger partial charge in [0.25, 0.3) is 0 Å². The molecular weight excluding hydrogens is 361 g/mol. The number of halogens is 2. The highest BCUT2D eigenvalue weighted by molar-refractivity contribution is 7.80. The summed E-state index contributed by atoms with van der Waals surface area (Å²) in [7, 11) is 0. The van der Waals surface area contributed by atoms with Crippen LogP contribution < -0.4 is 15.8 Å². The molecule has 2 aromatic rings. The second-order valence-corrected chi connectivity index (χ2v) is 7.23. The maximum atomic E-state index is 6.21. The predicted molar refractivity (Wildman–Crippen MR) is 106 cm³/mol. The van der Waals surface area contributed by atoms with E-state index in [1.54, 1.807) is 0 Å². The number of anilines is 1. The van der Waals surface area contributed by atoms with Crippen LogP contribution in [0.4, 0.5) is 5.69 Å². The fourth-order valence-electron chi connectivity index (χ4n) is 2.82. The molecule has 0 spiro atoms. The molecule has 3 nitrogen and oxygen atoms in total. The van der Waals surface area contributed by atoms with Crippen LogP contribution in [0.3, 0.4) is 0 Å². The van der Waals surface area contributed by atoms with Crippen LogP contribution in [0.25, 0.3) is 0 Å². The Bertz CT molecular complexity index is 809. The Balaban J connectivity index is 1.98. The first-order valence-corrected chi connectivity index (χ1v) is 8.95. The Kier molecular flexibility index (Phi) is 4.76. The second-order valence-electron chi connectivity index (χ2n) is 6.03.